The minimum atomic E-state index is -1.18. The van der Waals surface area contributed by atoms with Crippen LogP contribution in [0.2, 0.25) is 0 Å². The van der Waals surface area contributed by atoms with Crippen LogP contribution in [0.25, 0.3) is 0 Å². The highest BCUT2D eigenvalue weighted by atomic mass is 16.3. The van der Waals surface area contributed by atoms with E-state index < -0.39 is 5.60 Å². The summed E-state index contributed by atoms with van der Waals surface area (Å²) in [6, 6.07) is 0. The zero-order valence-corrected chi connectivity index (χ0v) is 3.99. The summed E-state index contributed by atoms with van der Waals surface area (Å²) in [5.74, 6) is 2.05. The molecule has 0 N–H and O–H groups in total. The van der Waals surface area contributed by atoms with Gasteiger partial charge < -0.3 is 5.11 Å². The van der Waals surface area contributed by atoms with Gasteiger partial charge in [0.25, 0.3) is 0 Å². The molecule has 0 saturated heterocycles. The molecule has 0 radical (unpaired) electrons. The molecule has 0 aliphatic heterocycles. The van der Waals surface area contributed by atoms with Crippen LogP contribution in [0.15, 0.2) is 0 Å². The van der Waals surface area contributed by atoms with Crippen LogP contribution in [0.3, 0.4) is 0 Å². The van der Waals surface area contributed by atoms with Crippen molar-refractivity contribution in [2.45, 2.75) is 19.4 Å². The van der Waals surface area contributed by atoms with Crippen LogP contribution in [0.4, 0.5) is 0 Å². The van der Waals surface area contributed by atoms with E-state index in [2.05, 4.69) is 0 Å². The van der Waals surface area contributed by atoms with Crippen molar-refractivity contribution in [2.24, 2.45) is 0 Å². The second-order valence-electron chi connectivity index (χ2n) is 1.65. The van der Waals surface area contributed by atoms with Gasteiger partial charge in [-0.2, -0.15) is 0 Å². The summed E-state index contributed by atoms with van der Waals surface area (Å²) >= 11 is 0. The van der Waals surface area contributed by atoms with Gasteiger partial charge in [0.15, 0.2) is 0 Å². The lowest BCUT2D eigenvalue weighted by Crippen LogP contribution is -2.34. The highest BCUT2D eigenvalue weighted by molar-refractivity contribution is 4.99. The summed E-state index contributed by atoms with van der Waals surface area (Å²) in [4.78, 5) is 0. The topological polar surface area (TPSA) is 23.1 Å². The lowest BCUT2D eigenvalue weighted by molar-refractivity contribution is -0.442. The van der Waals surface area contributed by atoms with Gasteiger partial charge >= 0.3 is 0 Å². The molecule has 0 heterocycles. The molecule has 0 aromatic heterocycles. The third-order valence-corrected chi connectivity index (χ3v) is 0.348. The Morgan fingerprint density at radius 2 is 1.83 bits per heavy atom. The molecule has 34 valence electrons. The first-order valence-corrected chi connectivity index (χ1v) is 1.74. The van der Waals surface area contributed by atoms with E-state index in [1.54, 1.807) is 0 Å². The smallest absolute Gasteiger partial charge is 0.0544 e. The molecule has 0 unspecified atom stereocenters. The molecule has 0 fully saturated rings. The van der Waals surface area contributed by atoms with Gasteiger partial charge in [0, 0.05) is 0 Å². The molecule has 1 heteroatoms. The maximum atomic E-state index is 10.2. The molecular weight excluding hydrogens is 76.1 g/mol. The molecule has 0 saturated carbocycles. The van der Waals surface area contributed by atoms with Crippen molar-refractivity contribution in [2.75, 3.05) is 0 Å². The van der Waals surface area contributed by atoms with E-state index >= 15 is 0 Å². The Bertz CT molecular complexity index is 70.9. The standard InChI is InChI=1S/C5H7O/c1-4-5(2,3)6/h1H,2-3H3/q-1. The molecule has 0 aliphatic rings. The largest absolute Gasteiger partial charge is 0.840 e. The molecule has 0 spiro atoms. The minimum absolute atomic E-state index is 1.18. The summed E-state index contributed by atoms with van der Waals surface area (Å²) < 4.78 is 0. The van der Waals surface area contributed by atoms with E-state index in [1.807, 2.05) is 5.92 Å². The van der Waals surface area contributed by atoms with Gasteiger partial charge in [-0.3, -0.25) is 0 Å². The summed E-state index contributed by atoms with van der Waals surface area (Å²) in [5.41, 5.74) is -1.18. The van der Waals surface area contributed by atoms with Crippen LogP contribution in [-0.2, 0) is 0 Å². The van der Waals surface area contributed by atoms with Crippen molar-refractivity contribution < 1.29 is 5.11 Å². The van der Waals surface area contributed by atoms with E-state index in [0.29, 0.717) is 0 Å². The molecule has 0 bridgehead atoms. The van der Waals surface area contributed by atoms with E-state index in [1.165, 1.54) is 13.8 Å². The highest BCUT2D eigenvalue weighted by Crippen LogP contribution is 1.87. The van der Waals surface area contributed by atoms with E-state index in [4.69, 9.17) is 6.42 Å². The Morgan fingerprint density at radius 1 is 1.67 bits per heavy atom. The predicted molar refractivity (Wildman–Crippen MR) is 22.9 cm³/mol. The summed E-state index contributed by atoms with van der Waals surface area (Å²) in [7, 11) is 0. The Kier molecular flexibility index (Phi) is 1.21. The van der Waals surface area contributed by atoms with Gasteiger partial charge in [0.05, 0.1) is 0 Å². The van der Waals surface area contributed by atoms with Crippen LogP contribution >= 0.6 is 0 Å². The first kappa shape index (κ1) is 5.52. The molecule has 1 nitrogen and oxygen atoms in total. The molecule has 0 rings (SSSR count). The third-order valence-electron chi connectivity index (χ3n) is 0.348. The quantitative estimate of drug-likeness (QED) is 0.371. The zero-order chi connectivity index (χ0) is 5.21. The van der Waals surface area contributed by atoms with E-state index in [9.17, 15) is 5.11 Å². The van der Waals surface area contributed by atoms with Crippen LogP contribution < -0.4 is 5.11 Å². The van der Waals surface area contributed by atoms with Crippen LogP contribution in [0, 0.1) is 12.3 Å². The van der Waals surface area contributed by atoms with E-state index in [0.717, 1.165) is 0 Å². The number of hydrogen-bond acceptors (Lipinski definition) is 1. The van der Waals surface area contributed by atoms with Crippen LogP contribution in [-0.4, -0.2) is 5.60 Å². The maximum Gasteiger partial charge on any atom is -0.0544 e. The Morgan fingerprint density at radius 3 is 1.83 bits per heavy atom. The maximum absolute atomic E-state index is 10.2. The molecule has 0 aliphatic carbocycles. The molecule has 0 aromatic rings. The molecule has 0 atom stereocenters. The first-order valence-electron chi connectivity index (χ1n) is 1.74. The van der Waals surface area contributed by atoms with Gasteiger partial charge in [0.2, 0.25) is 0 Å². The van der Waals surface area contributed by atoms with Gasteiger partial charge in [-0.15, -0.1) is 12.3 Å². The molecular formula is C5H7O-. The Balaban J connectivity index is 3.55. The average molecular weight is 83.1 g/mol. The van der Waals surface area contributed by atoms with Crippen molar-refractivity contribution in [1.82, 2.24) is 0 Å². The number of rotatable bonds is 0. The lowest BCUT2D eigenvalue weighted by Gasteiger charge is -2.22. The highest BCUT2D eigenvalue weighted by Gasteiger charge is 1.89. The molecule has 0 aromatic carbocycles. The van der Waals surface area contributed by atoms with Crippen LogP contribution in [0.1, 0.15) is 13.8 Å². The monoisotopic (exact) mass is 83.1 g/mol. The second-order valence-corrected chi connectivity index (χ2v) is 1.65. The van der Waals surface area contributed by atoms with Crippen molar-refractivity contribution in [3.63, 3.8) is 0 Å². The minimum Gasteiger partial charge on any atom is -0.840 e. The van der Waals surface area contributed by atoms with E-state index in [-0.39, 0.29) is 0 Å². The number of hydrogen-bond donors (Lipinski definition) is 0. The van der Waals surface area contributed by atoms with Gasteiger partial charge in [-0.05, 0) is 0 Å². The second kappa shape index (κ2) is 1.32. The Labute approximate surface area is 38.0 Å². The third kappa shape index (κ3) is 3.52. The molecule has 6 heavy (non-hydrogen) atoms. The average Bonchev–Trinajstić information content (AvgIpc) is 1.35. The predicted octanol–water partition coefficient (Wildman–Crippen LogP) is -0.242. The summed E-state index contributed by atoms with van der Waals surface area (Å²) in [5, 5.41) is 10.2. The van der Waals surface area contributed by atoms with Gasteiger partial charge in [0.1, 0.15) is 0 Å². The first-order chi connectivity index (χ1) is 2.56. The van der Waals surface area contributed by atoms with Crippen molar-refractivity contribution >= 4 is 0 Å². The Hall–Kier alpha value is -0.480. The van der Waals surface area contributed by atoms with Crippen LogP contribution in [0.5, 0.6) is 0 Å². The van der Waals surface area contributed by atoms with Crippen molar-refractivity contribution in [3.8, 4) is 12.3 Å². The normalized spacial score (nSPS) is 10.3. The van der Waals surface area contributed by atoms with Crippen molar-refractivity contribution in [3.05, 3.63) is 0 Å². The van der Waals surface area contributed by atoms with Gasteiger partial charge in [-0.1, -0.05) is 19.4 Å². The fourth-order valence-corrected chi connectivity index (χ4v) is 0. The fourth-order valence-electron chi connectivity index (χ4n) is 0. The zero-order valence-electron chi connectivity index (χ0n) is 3.99. The van der Waals surface area contributed by atoms with Gasteiger partial charge in [-0.25, -0.2) is 0 Å². The fraction of sp³-hybridized carbons (Fsp3) is 0.600. The SMILES string of the molecule is C#CC(C)(C)[O-]. The summed E-state index contributed by atoms with van der Waals surface area (Å²) in [6.07, 6.45) is 4.74. The number of terminal acetylenes is 1. The lowest BCUT2D eigenvalue weighted by atomic mass is 10.2. The summed E-state index contributed by atoms with van der Waals surface area (Å²) in [6.45, 7) is 2.90. The molecule has 0 amide bonds. The van der Waals surface area contributed by atoms with Crippen molar-refractivity contribution in [1.29, 1.82) is 0 Å².